The van der Waals surface area contributed by atoms with E-state index in [4.69, 9.17) is 0 Å². The first-order valence-corrected chi connectivity index (χ1v) is 4.39. The Morgan fingerprint density at radius 2 is 2.21 bits per heavy atom. The van der Waals surface area contributed by atoms with E-state index >= 15 is 0 Å². The van der Waals surface area contributed by atoms with Crippen molar-refractivity contribution in [3.63, 3.8) is 0 Å². The van der Waals surface area contributed by atoms with Gasteiger partial charge in [-0.2, -0.15) is 0 Å². The third-order valence-corrected chi connectivity index (χ3v) is 2.33. The number of hydrogen-bond donors (Lipinski definition) is 1. The Hall–Kier alpha value is -1.77. The first kappa shape index (κ1) is 8.81. The van der Waals surface area contributed by atoms with Gasteiger partial charge in [0.05, 0.1) is 12.7 Å². The van der Waals surface area contributed by atoms with Crippen LogP contribution < -0.4 is 0 Å². The second-order valence-electron chi connectivity index (χ2n) is 3.19. The molecule has 1 N–H and O–H groups in total. The largest absolute Gasteiger partial charge is 0.465 e. The number of ether oxygens (including phenoxy) is 1. The van der Waals surface area contributed by atoms with Gasteiger partial charge < -0.3 is 9.72 Å². The first-order chi connectivity index (χ1) is 6.74. The molecule has 1 aromatic carbocycles. The highest BCUT2D eigenvalue weighted by molar-refractivity contribution is 6.04. The van der Waals surface area contributed by atoms with Gasteiger partial charge in [-0.3, -0.25) is 0 Å². The number of aromatic amines is 1. The number of H-pyrrole nitrogens is 1. The number of methoxy groups -OCH3 is 1. The molecule has 0 amide bonds. The van der Waals surface area contributed by atoms with Gasteiger partial charge in [0.15, 0.2) is 0 Å². The van der Waals surface area contributed by atoms with E-state index in [2.05, 4.69) is 9.72 Å². The molecule has 3 heteroatoms. The van der Waals surface area contributed by atoms with E-state index in [9.17, 15) is 4.79 Å². The highest BCUT2D eigenvalue weighted by Crippen LogP contribution is 2.21. The minimum absolute atomic E-state index is 0.304. The highest BCUT2D eigenvalue weighted by atomic mass is 16.5. The fourth-order valence-electron chi connectivity index (χ4n) is 1.58. The molecule has 0 aliphatic heterocycles. The lowest BCUT2D eigenvalue weighted by Crippen LogP contribution is -1.99. The number of aryl methyl sites for hydroxylation is 1. The van der Waals surface area contributed by atoms with Crippen molar-refractivity contribution in [2.24, 2.45) is 0 Å². The molecule has 3 nitrogen and oxygen atoms in total. The summed E-state index contributed by atoms with van der Waals surface area (Å²) in [4.78, 5) is 14.4. The number of nitrogens with one attached hydrogen (secondary N) is 1. The van der Waals surface area contributed by atoms with Crippen molar-refractivity contribution in [2.45, 2.75) is 6.92 Å². The van der Waals surface area contributed by atoms with Crippen LogP contribution in [-0.4, -0.2) is 18.1 Å². The van der Waals surface area contributed by atoms with Crippen molar-refractivity contribution in [1.29, 1.82) is 0 Å². The Morgan fingerprint density at radius 1 is 1.43 bits per heavy atom. The minimum Gasteiger partial charge on any atom is -0.465 e. The predicted octanol–water partition coefficient (Wildman–Crippen LogP) is 2.26. The maximum absolute atomic E-state index is 11.4. The van der Waals surface area contributed by atoms with Crippen LogP contribution in [0.1, 0.15) is 15.9 Å². The quantitative estimate of drug-likeness (QED) is 0.699. The third kappa shape index (κ3) is 1.18. The molecule has 0 atom stereocenters. The van der Waals surface area contributed by atoms with E-state index in [0.29, 0.717) is 5.56 Å². The van der Waals surface area contributed by atoms with Crippen molar-refractivity contribution in [3.8, 4) is 0 Å². The molecule has 1 heterocycles. The fraction of sp³-hybridized carbons (Fsp3) is 0.182. The summed E-state index contributed by atoms with van der Waals surface area (Å²) in [5.41, 5.74) is 2.71. The molecule has 0 aliphatic rings. The topological polar surface area (TPSA) is 42.1 Å². The number of esters is 1. The standard InChI is InChI=1S/C11H11NO2/c1-7-4-3-5-8-9(11(13)14-2)6-12-10(7)8/h3-6,12H,1-2H3. The number of fused-ring (bicyclic) bond motifs is 1. The number of hydrogen-bond acceptors (Lipinski definition) is 2. The van der Waals surface area contributed by atoms with Crippen molar-refractivity contribution in [3.05, 3.63) is 35.5 Å². The van der Waals surface area contributed by atoms with E-state index in [1.807, 2.05) is 25.1 Å². The zero-order valence-corrected chi connectivity index (χ0v) is 8.13. The molecule has 0 bridgehead atoms. The summed E-state index contributed by atoms with van der Waals surface area (Å²) in [6.45, 7) is 2.00. The monoisotopic (exact) mass is 189 g/mol. The summed E-state index contributed by atoms with van der Waals surface area (Å²) in [5, 5.41) is 0.914. The van der Waals surface area contributed by atoms with Crippen molar-refractivity contribution < 1.29 is 9.53 Å². The van der Waals surface area contributed by atoms with Gasteiger partial charge in [0.2, 0.25) is 0 Å². The summed E-state index contributed by atoms with van der Waals surface area (Å²) in [6.07, 6.45) is 1.68. The summed E-state index contributed by atoms with van der Waals surface area (Å²) >= 11 is 0. The molecule has 0 aliphatic carbocycles. The van der Waals surface area contributed by atoms with Crippen molar-refractivity contribution in [1.82, 2.24) is 4.98 Å². The van der Waals surface area contributed by atoms with Crippen molar-refractivity contribution >= 4 is 16.9 Å². The van der Waals surface area contributed by atoms with E-state index in [1.54, 1.807) is 6.20 Å². The van der Waals surface area contributed by atoms with Gasteiger partial charge in [-0.05, 0) is 12.5 Å². The minimum atomic E-state index is -0.304. The van der Waals surface area contributed by atoms with Crippen LogP contribution in [0.3, 0.4) is 0 Å². The summed E-state index contributed by atoms with van der Waals surface area (Å²) < 4.78 is 4.68. The Balaban J connectivity index is 2.70. The number of carbonyl (C=O) groups excluding carboxylic acids is 1. The molecule has 0 saturated carbocycles. The van der Waals surface area contributed by atoms with Crippen LogP contribution in [0.5, 0.6) is 0 Å². The molecule has 72 valence electrons. The summed E-state index contributed by atoms with van der Waals surface area (Å²) in [7, 11) is 1.39. The molecular weight excluding hydrogens is 178 g/mol. The number of para-hydroxylation sites is 1. The lowest BCUT2D eigenvalue weighted by atomic mass is 10.1. The maximum atomic E-state index is 11.4. The first-order valence-electron chi connectivity index (χ1n) is 4.39. The Bertz CT molecular complexity index is 485. The molecule has 0 saturated heterocycles. The normalized spacial score (nSPS) is 10.4. The molecule has 0 fully saturated rings. The Labute approximate surface area is 81.7 Å². The average Bonchev–Trinajstić information content (AvgIpc) is 2.62. The van der Waals surface area contributed by atoms with Gasteiger partial charge in [0.1, 0.15) is 0 Å². The van der Waals surface area contributed by atoms with E-state index in [0.717, 1.165) is 16.5 Å². The average molecular weight is 189 g/mol. The van der Waals surface area contributed by atoms with Crippen LogP contribution in [-0.2, 0) is 4.74 Å². The lowest BCUT2D eigenvalue weighted by molar-refractivity contribution is 0.0603. The molecule has 0 spiro atoms. The van der Waals surface area contributed by atoms with Gasteiger partial charge in [-0.1, -0.05) is 18.2 Å². The maximum Gasteiger partial charge on any atom is 0.340 e. The van der Waals surface area contributed by atoms with E-state index < -0.39 is 0 Å². The molecular formula is C11H11NO2. The Morgan fingerprint density at radius 3 is 2.93 bits per heavy atom. The highest BCUT2D eigenvalue weighted by Gasteiger charge is 2.12. The van der Waals surface area contributed by atoms with Crippen LogP contribution in [0.25, 0.3) is 10.9 Å². The lowest BCUT2D eigenvalue weighted by Gasteiger charge is -1.97. The summed E-state index contributed by atoms with van der Waals surface area (Å²) in [6, 6.07) is 5.84. The fourth-order valence-corrected chi connectivity index (χ4v) is 1.58. The molecule has 2 rings (SSSR count). The second kappa shape index (κ2) is 3.18. The zero-order chi connectivity index (χ0) is 10.1. The van der Waals surface area contributed by atoms with Crippen LogP contribution in [0.2, 0.25) is 0 Å². The molecule has 0 radical (unpaired) electrons. The molecule has 0 unspecified atom stereocenters. The van der Waals surface area contributed by atoms with E-state index in [-0.39, 0.29) is 5.97 Å². The van der Waals surface area contributed by atoms with Gasteiger partial charge in [-0.25, -0.2) is 4.79 Å². The second-order valence-corrected chi connectivity index (χ2v) is 3.19. The van der Waals surface area contributed by atoms with E-state index in [1.165, 1.54) is 7.11 Å². The molecule has 14 heavy (non-hydrogen) atoms. The van der Waals surface area contributed by atoms with Crippen LogP contribution in [0.4, 0.5) is 0 Å². The number of benzene rings is 1. The van der Waals surface area contributed by atoms with Gasteiger partial charge >= 0.3 is 5.97 Å². The Kier molecular flexibility index (Phi) is 2.00. The van der Waals surface area contributed by atoms with Crippen LogP contribution in [0, 0.1) is 6.92 Å². The van der Waals surface area contributed by atoms with Crippen LogP contribution in [0.15, 0.2) is 24.4 Å². The van der Waals surface area contributed by atoms with Crippen molar-refractivity contribution in [2.75, 3.05) is 7.11 Å². The summed E-state index contributed by atoms with van der Waals surface area (Å²) in [5.74, 6) is -0.304. The molecule has 2 aromatic rings. The predicted molar refractivity (Wildman–Crippen MR) is 54.4 cm³/mol. The van der Waals surface area contributed by atoms with Gasteiger partial charge in [0, 0.05) is 17.1 Å². The smallest absolute Gasteiger partial charge is 0.340 e. The number of rotatable bonds is 1. The SMILES string of the molecule is COC(=O)c1c[nH]c2c(C)cccc12. The van der Waals surface area contributed by atoms with Crippen LogP contribution >= 0.6 is 0 Å². The van der Waals surface area contributed by atoms with Gasteiger partial charge in [-0.15, -0.1) is 0 Å². The molecule has 1 aromatic heterocycles. The number of carbonyl (C=O) groups is 1. The zero-order valence-electron chi connectivity index (χ0n) is 8.13. The van der Waals surface area contributed by atoms with Gasteiger partial charge in [0.25, 0.3) is 0 Å². The third-order valence-electron chi connectivity index (χ3n) is 2.33. The number of aromatic nitrogens is 1.